The molecule has 104 valence electrons. The third-order valence-electron chi connectivity index (χ3n) is 3.33. The van der Waals surface area contributed by atoms with E-state index in [0.29, 0.717) is 12.2 Å². The Hall–Kier alpha value is -2.29. The van der Waals surface area contributed by atoms with Gasteiger partial charge < -0.3 is 10.5 Å². The van der Waals surface area contributed by atoms with Gasteiger partial charge in [0.05, 0.1) is 0 Å². The molecule has 0 radical (unpaired) electrons. The second kappa shape index (κ2) is 6.24. The molecule has 0 bridgehead atoms. The van der Waals surface area contributed by atoms with Crippen LogP contribution in [0.5, 0.6) is 5.75 Å². The number of ether oxygens (including phenoxy) is 1. The molecule has 0 aliphatic carbocycles. The van der Waals surface area contributed by atoms with Gasteiger partial charge in [-0.15, -0.1) is 0 Å². The van der Waals surface area contributed by atoms with Crippen molar-refractivity contribution in [1.82, 2.24) is 0 Å². The molecule has 0 aliphatic heterocycles. The number of carbonyl (C=O) groups excluding carboxylic acids is 1. The first-order valence-electron chi connectivity index (χ1n) is 6.71. The molecule has 3 nitrogen and oxygen atoms in total. The van der Waals surface area contributed by atoms with Gasteiger partial charge in [0.1, 0.15) is 12.4 Å². The Labute approximate surface area is 119 Å². The van der Waals surface area contributed by atoms with Crippen LogP contribution in [0, 0.1) is 6.92 Å². The van der Waals surface area contributed by atoms with Gasteiger partial charge in [0, 0.05) is 5.56 Å². The third-order valence-corrected chi connectivity index (χ3v) is 3.33. The summed E-state index contributed by atoms with van der Waals surface area (Å²) in [5.74, 6) is 0.457. The fourth-order valence-electron chi connectivity index (χ4n) is 2.03. The van der Waals surface area contributed by atoms with E-state index in [1.165, 1.54) is 5.56 Å². The monoisotopic (exact) mass is 269 g/mol. The van der Waals surface area contributed by atoms with E-state index >= 15 is 0 Å². The van der Waals surface area contributed by atoms with Gasteiger partial charge in [0.2, 0.25) is 5.91 Å². The highest BCUT2D eigenvalue weighted by atomic mass is 16.5. The molecule has 2 N–H and O–H groups in total. The predicted octanol–water partition coefficient (Wildman–Crippen LogP) is 3.24. The van der Waals surface area contributed by atoms with Crippen molar-refractivity contribution in [3.8, 4) is 5.75 Å². The van der Waals surface area contributed by atoms with Crippen molar-refractivity contribution in [2.24, 2.45) is 5.73 Å². The minimum Gasteiger partial charge on any atom is -0.489 e. The predicted molar refractivity (Wildman–Crippen MR) is 79.8 cm³/mol. The van der Waals surface area contributed by atoms with Gasteiger partial charge in [0.25, 0.3) is 0 Å². The highest BCUT2D eigenvalue weighted by molar-refractivity contribution is 5.93. The van der Waals surface area contributed by atoms with Crippen LogP contribution >= 0.6 is 0 Å². The standard InChI is InChI=1S/C17H19NO2/c1-3-13-5-4-6-16(10-13)20-11-15-8-7-14(17(18)19)9-12(15)2/h4-10H,3,11H2,1-2H3,(H2,18,19). The van der Waals surface area contributed by atoms with E-state index in [4.69, 9.17) is 10.5 Å². The fraction of sp³-hybridized carbons (Fsp3) is 0.235. The average molecular weight is 269 g/mol. The van der Waals surface area contributed by atoms with Crippen molar-refractivity contribution in [3.63, 3.8) is 0 Å². The minimum absolute atomic E-state index is 0.406. The van der Waals surface area contributed by atoms with Crippen LogP contribution in [0.4, 0.5) is 0 Å². The zero-order chi connectivity index (χ0) is 14.5. The van der Waals surface area contributed by atoms with Gasteiger partial charge >= 0.3 is 0 Å². The summed E-state index contributed by atoms with van der Waals surface area (Å²) in [5.41, 5.74) is 9.10. The molecule has 0 atom stereocenters. The quantitative estimate of drug-likeness (QED) is 0.906. The van der Waals surface area contributed by atoms with E-state index in [1.807, 2.05) is 31.2 Å². The number of amides is 1. The molecule has 0 spiro atoms. The van der Waals surface area contributed by atoms with E-state index in [1.54, 1.807) is 12.1 Å². The normalized spacial score (nSPS) is 10.3. The Kier molecular flexibility index (Phi) is 4.41. The summed E-state index contributed by atoms with van der Waals surface area (Å²) < 4.78 is 5.80. The molecule has 0 saturated heterocycles. The summed E-state index contributed by atoms with van der Waals surface area (Å²) in [7, 11) is 0. The summed E-state index contributed by atoms with van der Waals surface area (Å²) in [6, 6.07) is 13.5. The molecular weight excluding hydrogens is 250 g/mol. The van der Waals surface area contributed by atoms with Crippen LogP contribution in [0.1, 0.15) is 34.0 Å². The smallest absolute Gasteiger partial charge is 0.248 e. The van der Waals surface area contributed by atoms with Crippen LogP contribution in [0.2, 0.25) is 0 Å². The van der Waals surface area contributed by atoms with E-state index in [-0.39, 0.29) is 0 Å². The van der Waals surface area contributed by atoms with Crippen LogP contribution in [0.15, 0.2) is 42.5 Å². The number of carbonyl (C=O) groups is 1. The number of hydrogen-bond acceptors (Lipinski definition) is 2. The summed E-state index contributed by atoms with van der Waals surface area (Å²) in [4.78, 5) is 11.1. The van der Waals surface area contributed by atoms with E-state index in [0.717, 1.165) is 23.3 Å². The number of hydrogen-bond donors (Lipinski definition) is 1. The zero-order valence-corrected chi connectivity index (χ0v) is 11.8. The maximum absolute atomic E-state index is 11.1. The molecule has 2 rings (SSSR count). The largest absolute Gasteiger partial charge is 0.489 e. The molecule has 0 saturated carbocycles. The molecular formula is C17H19NO2. The maximum atomic E-state index is 11.1. The molecule has 0 unspecified atom stereocenters. The van der Waals surface area contributed by atoms with Crippen molar-refractivity contribution in [3.05, 3.63) is 64.7 Å². The summed E-state index contributed by atoms with van der Waals surface area (Å²) >= 11 is 0. The van der Waals surface area contributed by atoms with Gasteiger partial charge in [-0.05, 0) is 54.3 Å². The summed E-state index contributed by atoms with van der Waals surface area (Å²) in [5, 5.41) is 0. The molecule has 0 aliphatic rings. The molecule has 20 heavy (non-hydrogen) atoms. The Bertz CT molecular complexity index is 620. The molecule has 1 amide bonds. The molecule has 0 heterocycles. The lowest BCUT2D eigenvalue weighted by Crippen LogP contribution is -2.11. The van der Waals surface area contributed by atoms with Crippen LogP contribution in [0.3, 0.4) is 0 Å². The van der Waals surface area contributed by atoms with Crippen molar-refractivity contribution < 1.29 is 9.53 Å². The highest BCUT2D eigenvalue weighted by Gasteiger charge is 2.05. The first-order chi connectivity index (χ1) is 9.60. The summed E-state index contributed by atoms with van der Waals surface area (Å²) in [6.45, 7) is 4.55. The number of rotatable bonds is 5. The number of aryl methyl sites for hydroxylation is 2. The van der Waals surface area contributed by atoms with Crippen molar-refractivity contribution >= 4 is 5.91 Å². The molecule has 3 heteroatoms. The fourth-order valence-corrected chi connectivity index (χ4v) is 2.03. The van der Waals surface area contributed by atoms with Crippen LogP contribution in [-0.2, 0) is 13.0 Å². The lowest BCUT2D eigenvalue weighted by molar-refractivity contribution is 0.1000. The van der Waals surface area contributed by atoms with Gasteiger partial charge in [-0.25, -0.2) is 0 Å². The molecule has 0 fully saturated rings. The van der Waals surface area contributed by atoms with E-state index < -0.39 is 5.91 Å². The van der Waals surface area contributed by atoms with Gasteiger partial charge in [0.15, 0.2) is 0 Å². The van der Waals surface area contributed by atoms with E-state index in [9.17, 15) is 4.79 Å². The average Bonchev–Trinajstić information content (AvgIpc) is 2.46. The van der Waals surface area contributed by atoms with Crippen LogP contribution in [0.25, 0.3) is 0 Å². The number of benzene rings is 2. The molecule has 0 aromatic heterocycles. The lowest BCUT2D eigenvalue weighted by atomic mass is 10.1. The Morgan fingerprint density at radius 2 is 2.00 bits per heavy atom. The Morgan fingerprint density at radius 1 is 1.20 bits per heavy atom. The summed E-state index contributed by atoms with van der Waals surface area (Å²) in [6.07, 6.45) is 0.990. The lowest BCUT2D eigenvalue weighted by Gasteiger charge is -2.10. The molecule has 2 aromatic carbocycles. The zero-order valence-electron chi connectivity index (χ0n) is 11.8. The van der Waals surface area contributed by atoms with Crippen molar-refractivity contribution in [1.29, 1.82) is 0 Å². The van der Waals surface area contributed by atoms with Gasteiger partial charge in [-0.1, -0.05) is 25.1 Å². The third kappa shape index (κ3) is 3.38. The topological polar surface area (TPSA) is 52.3 Å². The first-order valence-corrected chi connectivity index (χ1v) is 6.71. The second-order valence-electron chi connectivity index (χ2n) is 4.80. The van der Waals surface area contributed by atoms with Crippen molar-refractivity contribution in [2.75, 3.05) is 0 Å². The first kappa shape index (κ1) is 14.1. The maximum Gasteiger partial charge on any atom is 0.248 e. The molecule has 2 aromatic rings. The minimum atomic E-state index is -0.406. The van der Waals surface area contributed by atoms with Crippen LogP contribution in [-0.4, -0.2) is 5.91 Å². The van der Waals surface area contributed by atoms with Gasteiger partial charge in [-0.3, -0.25) is 4.79 Å². The Morgan fingerprint density at radius 3 is 2.65 bits per heavy atom. The Balaban J connectivity index is 2.08. The van der Waals surface area contributed by atoms with Crippen LogP contribution < -0.4 is 10.5 Å². The van der Waals surface area contributed by atoms with Gasteiger partial charge in [-0.2, -0.15) is 0 Å². The van der Waals surface area contributed by atoms with E-state index in [2.05, 4.69) is 13.0 Å². The second-order valence-corrected chi connectivity index (χ2v) is 4.80. The highest BCUT2D eigenvalue weighted by Crippen LogP contribution is 2.17. The SMILES string of the molecule is CCc1cccc(OCc2ccc(C(N)=O)cc2C)c1. The number of primary amides is 1. The number of nitrogens with two attached hydrogens (primary N) is 1. The van der Waals surface area contributed by atoms with Crippen molar-refractivity contribution in [2.45, 2.75) is 26.9 Å².